The highest BCUT2D eigenvalue weighted by molar-refractivity contribution is 7.92. The molecule has 1 amide bonds. The van der Waals surface area contributed by atoms with Gasteiger partial charge in [-0.15, -0.1) is 0 Å². The first-order valence-electron chi connectivity index (χ1n) is 7.34. The van der Waals surface area contributed by atoms with Crippen LogP contribution in [0.2, 0.25) is 5.02 Å². The van der Waals surface area contributed by atoms with Gasteiger partial charge in [0.1, 0.15) is 0 Å². The third-order valence-electron chi connectivity index (χ3n) is 3.36. The van der Waals surface area contributed by atoms with Crippen molar-refractivity contribution in [1.82, 2.24) is 0 Å². The van der Waals surface area contributed by atoms with Gasteiger partial charge in [-0.2, -0.15) is 0 Å². The van der Waals surface area contributed by atoms with Crippen LogP contribution < -0.4 is 10.0 Å². The van der Waals surface area contributed by atoms with E-state index in [0.717, 1.165) is 11.8 Å². The Hall–Kier alpha value is -2.05. The van der Waals surface area contributed by atoms with Gasteiger partial charge < -0.3 is 5.32 Å². The number of rotatable bonds is 5. The Morgan fingerprint density at radius 2 is 1.71 bits per heavy atom. The summed E-state index contributed by atoms with van der Waals surface area (Å²) in [7, 11) is -3.51. The van der Waals surface area contributed by atoms with Crippen LogP contribution in [0.25, 0.3) is 0 Å². The third kappa shape index (κ3) is 4.97. The first-order chi connectivity index (χ1) is 11.2. The first-order valence-corrected chi connectivity index (χ1v) is 9.61. The van der Waals surface area contributed by atoms with E-state index in [9.17, 15) is 13.2 Å². The van der Waals surface area contributed by atoms with Crippen LogP contribution in [0.1, 0.15) is 35.7 Å². The molecule has 0 aliphatic rings. The van der Waals surface area contributed by atoms with Crippen LogP contribution in [0.15, 0.2) is 42.5 Å². The summed E-state index contributed by atoms with van der Waals surface area (Å²) < 4.78 is 25.2. The predicted octanol–water partition coefficient (Wildman–Crippen LogP) is 4.09. The normalized spacial score (nSPS) is 11.4. The van der Waals surface area contributed by atoms with Gasteiger partial charge in [0.05, 0.1) is 17.5 Å². The molecule has 0 unspecified atom stereocenters. The average molecular weight is 367 g/mol. The van der Waals surface area contributed by atoms with Gasteiger partial charge in [-0.05, 0) is 41.8 Å². The van der Waals surface area contributed by atoms with Gasteiger partial charge in [-0.1, -0.05) is 37.6 Å². The molecule has 24 heavy (non-hydrogen) atoms. The van der Waals surface area contributed by atoms with Crippen LogP contribution in [0.3, 0.4) is 0 Å². The fourth-order valence-corrected chi connectivity index (χ4v) is 2.89. The Morgan fingerprint density at radius 1 is 1.08 bits per heavy atom. The van der Waals surface area contributed by atoms with Crippen molar-refractivity contribution in [2.45, 2.75) is 19.8 Å². The molecule has 2 aromatic rings. The van der Waals surface area contributed by atoms with Gasteiger partial charge in [0.25, 0.3) is 5.91 Å². The minimum atomic E-state index is -3.51. The molecule has 0 bridgehead atoms. The topological polar surface area (TPSA) is 75.3 Å². The van der Waals surface area contributed by atoms with Crippen molar-refractivity contribution in [3.8, 4) is 0 Å². The maximum absolute atomic E-state index is 12.5. The van der Waals surface area contributed by atoms with E-state index in [0.29, 0.717) is 16.6 Å². The number of carbonyl (C=O) groups excluding carboxylic acids is 1. The number of carbonyl (C=O) groups is 1. The van der Waals surface area contributed by atoms with E-state index in [1.54, 1.807) is 12.1 Å². The fraction of sp³-hybridized carbons (Fsp3) is 0.235. The number of hydrogen-bond donors (Lipinski definition) is 2. The summed E-state index contributed by atoms with van der Waals surface area (Å²) in [6, 6.07) is 11.9. The monoisotopic (exact) mass is 366 g/mol. The lowest BCUT2D eigenvalue weighted by molar-refractivity contribution is 0.102. The van der Waals surface area contributed by atoms with Gasteiger partial charge in [-0.25, -0.2) is 8.42 Å². The molecule has 128 valence electrons. The van der Waals surface area contributed by atoms with E-state index in [1.807, 2.05) is 12.1 Å². The van der Waals surface area contributed by atoms with Crippen LogP contribution in [0, 0.1) is 0 Å². The van der Waals surface area contributed by atoms with Gasteiger partial charge in [0.15, 0.2) is 0 Å². The quantitative estimate of drug-likeness (QED) is 0.836. The van der Waals surface area contributed by atoms with Crippen molar-refractivity contribution in [2.24, 2.45) is 0 Å². The minimum Gasteiger partial charge on any atom is -0.322 e. The number of nitrogens with one attached hydrogen (secondary N) is 2. The van der Waals surface area contributed by atoms with E-state index in [2.05, 4.69) is 23.9 Å². The summed E-state index contributed by atoms with van der Waals surface area (Å²) in [6.07, 6.45) is 1.02. The van der Waals surface area contributed by atoms with Crippen molar-refractivity contribution in [3.05, 3.63) is 58.6 Å². The lowest BCUT2D eigenvalue weighted by Gasteiger charge is -2.12. The zero-order valence-electron chi connectivity index (χ0n) is 13.6. The third-order valence-corrected chi connectivity index (χ3v) is 4.18. The Morgan fingerprint density at radius 3 is 2.25 bits per heavy atom. The second-order valence-electron chi connectivity index (χ2n) is 5.79. The Labute approximate surface area is 147 Å². The Bertz CT molecular complexity index is 847. The predicted molar refractivity (Wildman–Crippen MR) is 98.4 cm³/mol. The van der Waals surface area contributed by atoms with Gasteiger partial charge in [0, 0.05) is 10.7 Å². The highest BCUT2D eigenvalue weighted by atomic mass is 35.5. The SMILES string of the molecule is CC(C)c1ccc(NC(=O)c2cc(Cl)ccc2NS(C)(=O)=O)cc1. The van der Waals surface area contributed by atoms with Crippen molar-refractivity contribution < 1.29 is 13.2 Å². The molecule has 2 aromatic carbocycles. The van der Waals surface area contributed by atoms with Gasteiger partial charge >= 0.3 is 0 Å². The van der Waals surface area contributed by atoms with E-state index in [1.165, 1.54) is 18.2 Å². The molecule has 0 spiro atoms. The van der Waals surface area contributed by atoms with E-state index in [-0.39, 0.29) is 11.3 Å². The van der Waals surface area contributed by atoms with Crippen LogP contribution in [-0.2, 0) is 10.0 Å². The molecule has 0 aliphatic carbocycles. The van der Waals surface area contributed by atoms with Crippen molar-refractivity contribution in [1.29, 1.82) is 0 Å². The summed E-state index contributed by atoms with van der Waals surface area (Å²) >= 11 is 5.93. The smallest absolute Gasteiger partial charge is 0.257 e. The minimum absolute atomic E-state index is 0.154. The molecule has 5 nitrogen and oxygen atoms in total. The summed E-state index contributed by atoms with van der Waals surface area (Å²) in [6.45, 7) is 4.17. The lowest BCUT2D eigenvalue weighted by Crippen LogP contribution is -2.17. The van der Waals surface area contributed by atoms with Gasteiger partial charge in [0.2, 0.25) is 10.0 Å². The highest BCUT2D eigenvalue weighted by Gasteiger charge is 2.15. The molecule has 2 rings (SSSR count). The Kier molecular flexibility index (Phi) is 5.51. The molecular weight excluding hydrogens is 348 g/mol. The van der Waals surface area contributed by atoms with E-state index < -0.39 is 15.9 Å². The Balaban J connectivity index is 2.27. The molecule has 0 saturated heterocycles. The molecule has 0 aliphatic heterocycles. The maximum Gasteiger partial charge on any atom is 0.257 e. The lowest BCUT2D eigenvalue weighted by atomic mass is 10.0. The van der Waals surface area contributed by atoms with Crippen LogP contribution in [-0.4, -0.2) is 20.6 Å². The van der Waals surface area contributed by atoms with Crippen molar-refractivity contribution in [2.75, 3.05) is 16.3 Å². The molecule has 0 saturated carbocycles. The molecule has 7 heteroatoms. The summed E-state index contributed by atoms with van der Waals surface area (Å²) in [4.78, 5) is 12.5. The van der Waals surface area contributed by atoms with Crippen LogP contribution >= 0.6 is 11.6 Å². The average Bonchev–Trinajstić information content (AvgIpc) is 2.48. The number of halogens is 1. The van der Waals surface area contributed by atoms with Gasteiger partial charge in [-0.3, -0.25) is 9.52 Å². The second kappa shape index (κ2) is 7.23. The molecular formula is C17H19ClN2O3S. The maximum atomic E-state index is 12.5. The van der Waals surface area contributed by atoms with Crippen molar-refractivity contribution in [3.63, 3.8) is 0 Å². The largest absolute Gasteiger partial charge is 0.322 e. The molecule has 0 aromatic heterocycles. The fourth-order valence-electron chi connectivity index (χ4n) is 2.14. The number of amides is 1. The molecule has 0 radical (unpaired) electrons. The number of anilines is 2. The summed E-state index contributed by atoms with van der Waals surface area (Å²) in [5, 5.41) is 3.09. The number of sulfonamides is 1. The highest BCUT2D eigenvalue weighted by Crippen LogP contribution is 2.23. The zero-order chi connectivity index (χ0) is 17.9. The molecule has 0 atom stereocenters. The molecule has 0 fully saturated rings. The standard InChI is InChI=1S/C17H19ClN2O3S/c1-11(2)12-4-7-14(8-5-12)19-17(21)15-10-13(18)6-9-16(15)20-24(3,22)23/h4-11,20H,1-3H3,(H,19,21). The molecule has 2 N–H and O–H groups in total. The van der Waals surface area contributed by atoms with Crippen LogP contribution in [0.4, 0.5) is 11.4 Å². The van der Waals surface area contributed by atoms with E-state index >= 15 is 0 Å². The summed E-state index contributed by atoms with van der Waals surface area (Å²) in [5.41, 5.74) is 2.11. The number of benzene rings is 2. The summed E-state index contributed by atoms with van der Waals surface area (Å²) in [5.74, 6) is -0.0470. The second-order valence-corrected chi connectivity index (χ2v) is 7.98. The van der Waals surface area contributed by atoms with Crippen molar-refractivity contribution >= 4 is 38.9 Å². The zero-order valence-corrected chi connectivity index (χ0v) is 15.2. The molecule has 0 heterocycles. The first kappa shape index (κ1) is 18.3. The number of hydrogen-bond acceptors (Lipinski definition) is 3. The van der Waals surface area contributed by atoms with Crippen LogP contribution in [0.5, 0.6) is 0 Å². The van der Waals surface area contributed by atoms with E-state index in [4.69, 9.17) is 11.6 Å².